The minimum absolute atomic E-state index is 0.0327. The van der Waals surface area contributed by atoms with Gasteiger partial charge in [-0.05, 0) is 53.8 Å². The number of aromatic hydroxyl groups is 1. The lowest BCUT2D eigenvalue weighted by Gasteiger charge is -2.24. The van der Waals surface area contributed by atoms with Crippen molar-refractivity contribution in [1.82, 2.24) is 0 Å². The number of carbonyl (C=O) groups excluding carboxylic acids is 2. The van der Waals surface area contributed by atoms with Crippen LogP contribution in [0.4, 0.5) is 21.9 Å². The molecular formula is C48H57N3O7. The maximum Gasteiger partial charge on any atom is 0.420 e. The van der Waals surface area contributed by atoms with Crippen molar-refractivity contribution in [3.63, 3.8) is 0 Å². The molecule has 0 radical (unpaired) electrons. The van der Waals surface area contributed by atoms with Crippen LogP contribution in [0.5, 0.6) is 17.2 Å². The second kappa shape index (κ2) is 22.1. The van der Waals surface area contributed by atoms with Crippen molar-refractivity contribution in [2.24, 2.45) is 0 Å². The number of unbranched alkanes of at least 4 members (excludes halogenated alkanes) is 11. The van der Waals surface area contributed by atoms with Crippen molar-refractivity contribution in [1.29, 1.82) is 0 Å². The number of para-hydroxylation sites is 2. The Kier molecular flexibility index (Phi) is 16.5. The number of rotatable bonds is 22. The van der Waals surface area contributed by atoms with Gasteiger partial charge in [0, 0.05) is 16.8 Å². The molecule has 58 heavy (non-hydrogen) atoms. The number of hydrogen-bond acceptors (Lipinski definition) is 7. The molecule has 10 nitrogen and oxygen atoms in total. The molecule has 0 saturated heterocycles. The van der Waals surface area contributed by atoms with Crippen molar-refractivity contribution in [3.05, 3.63) is 130 Å². The summed E-state index contributed by atoms with van der Waals surface area (Å²) < 4.78 is 11.8. The first kappa shape index (κ1) is 43.2. The van der Waals surface area contributed by atoms with E-state index < -0.39 is 16.9 Å². The molecule has 306 valence electrons. The zero-order chi connectivity index (χ0) is 41.3. The van der Waals surface area contributed by atoms with Crippen molar-refractivity contribution in [2.45, 2.75) is 110 Å². The van der Waals surface area contributed by atoms with Gasteiger partial charge >= 0.3 is 11.8 Å². The largest absolute Gasteiger partial charge is 0.506 e. The first-order valence-electron chi connectivity index (χ1n) is 20.8. The molecule has 5 aromatic carbocycles. The number of fused-ring (bicyclic) bond motifs is 1. The van der Waals surface area contributed by atoms with Gasteiger partial charge in [0.2, 0.25) is 5.75 Å². The molecule has 5 rings (SSSR count). The predicted molar refractivity (Wildman–Crippen MR) is 232 cm³/mol. The van der Waals surface area contributed by atoms with E-state index in [1.807, 2.05) is 62.4 Å². The summed E-state index contributed by atoms with van der Waals surface area (Å²) in [4.78, 5) is 40.5. The summed E-state index contributed by atoms with van der Waals surface area (Å²) in [5, 5.41) is 27.3. The predicted octanol–water partition coefficient (Wildman–Crippen LogP) is 13.1. The van der Waals surface area contributed by atoms with E-state index in [0.717, 1.165) is 24.0 Å². The van der Waals surface area contributed by atoms with Crippen molar-refractivity contribution >= 4 is 39.8 Å². The number of nitrogens with one attached hydrogen (secondary N) is 1. The summed E-state index contributed by atoms with van der Waals surface area (Å²) in [6, 6.07) is 29.3. The maximum atomic E-state index is 14.0. The Morgan fingerprint density at radius 1 is 0.741 bits per heavy atom. The Morgan fingerprint density at radius 2 is 1.40 bits per heavy atom. The lowest BCUT2D eigenvalue weighted by atomic mass is 10.0. The molecule has 2 amide bonds. The number of amides is 2. The fourth-order valence-electron chi connectivity index (χ4n) is 7.04. The van der Waals surface area contributed by atoms with Gasteiger partial charge in [0.25, 0.3) is 5.91 Å². The molecule has 0 unspecified atom stereocenters. The van der Waals surface area contributed by atoms with Crippen LogP contribution in [0.2, 0.25) is 0 Å². The van der Waals surface area contributed by atoms with Crippen molar-refractivity contribution in [3.8, 4) is 17.2 Å². The Labute approximate surface area is 342 Å². The molecular weight excluding hydrogens is 731 g/mol. The number of hydrogen-bond donors (Lipinski definition) is 2. The second-order valence-electron chi connectivity index (χ2n) is 15.1. The van der Waals surface area contributed by atoms with E-state index in [1.165, 1.54) is 87.3 Å². The number of nitro benzene ring substituents is 1. The molecule has 0 aliphatic heterocycles. The molecule has 10 heteroatoms. The summed E-state index contributed by atoms with van der Waals surface area (Å²) in [7, 11) is 0. The lowest BCUT2D eigenvalue weighted by molar-refractivity contribution is -0.385. The maximum absolute atomic E-state index is 14.0. The average molecular weight is 788 g/mol. The van der Waals surface area contributed by atoms with Gasteiger partial charge in [-0.15, -0.1) is 0 Å². The average Bonchev–Trinajstić information content (AvgIpc) is 3.22. The fourth-order valence-corrected chi connectivity index (χ4v) is 7.04. The molecule has 2 N–H and O–H groups in total. The molecule has 0 spiro atoms. The molecule has 0 atom stereocenters. The number of phenols is 1. The number of nitro groups is 1. The first-order chi connectivity index (χ1) is 28.2. The monoisotopic (exact) mass is 787 g/mol. The zero-order valence-electron chi connectivity index (χ0n) is 34.1. The summed E-state index contributed by atoms with van der Waals surface area (Å²) in [6.45, 7) is 6.70. The zero-order valence-corrected chi connectivity index (χ0v) is 34.1. The Morgan fingerprint density at radius 3 is 2.07 bits per heavy atom. The van der Waals surface area contributed by atoms with E-state index in [2.05, 4.69) is 12.2 Å². The van der Waals surface area contributed by atoms with Crippen LogP contribution in [-0.4, -0.2) is 28.6 Å². The molecule has 0 bridgehead atoms. The van der Waals surface area contributed by atoms with Crippen LogP contribution >= 0.6 is 0 Å². The van der Waals surface area contributed by atoms with Gasteiger partial charge in [0.05, 0.1) is 35.0 Å². The lowest BCUT2D eigenvalue weighted by Crippen LogP contribution is -2.33. The van der Waals surface area contributed by atoms with Gasteiger partial charge in [-0.25, -0.2) is 4.79 Å². The summed E-state index contributed by atoms with van der Waals surface area (Å²) in [5.41, 5.74) is 2.11. The highest BCUT2D eigenvalue weighted by molar-refractivity contribution is 6.12. The van der Waals surface area contributed by atoms with E-state index in [0.29, 0.717) is 34.5 Å². The highest BCUT2D eigenvalue weighted by Crippen LogP contribution is 2.38. The SMILES string of the molecule is CCCCCCCCCCCCCCOc1ccccc1NC(=O)c1ccc2c(N(Cc3ccccc3)C(=O)Oc3ccc(C(C)C)cc3[N+](=O)[O-])cccc2c1O. The normalized spacial score (nSPS) is 11.1. The van der Waals surface area contributed by atoms with E-state index in [4.69, 9.17) is 9.47 Å². The smallest absolute Gasteiger partial charge is 0.420 e. The number of benzene rings is 5. The highest BCUT2D eigenvalue weighted by Gasteiger charge is 2.27. The van der Waals surface area contributed by atoms with Gasteiger partial charge in [0.1, 0.15) is 11.5 Å². The van der Waals surface area contributed by atoms with Gasteiger partial charge < -0.3 is 19.9 Å². The van der Waals surface area contributed by atoms with Gasteiger partial charge in [-0.3, -0.25) is 19.8 Å². The van der Waals surface area contributed by atoms with Crippen molar-refractivity contribution in [2.75, 3.05) is 16.8 Å². The fraction of sp³-hybridized carbons (Fsp3) is 0.375. The van der Waals surface area contributed by atoms with Crippen LogP contribution < -0.4 is 19.7 Å². The Balaban J connectivity index is 1.27. The van der Waals surface area contributed by atoms with Crippen LogP contribution in [0, 0.1) is 10.1 Å². The number of carbonyl (C=O) groups is 2. The third kappa shape index (κ3) is 12.1. The Hall–Kier alpha value is -5.90. The molecule has 0 aromatic heterocycles. The number of ether oxygens (including phenoxy) is 2. The topological polar surface area (TPSA) is 131 Å². The molecule has 5 aromatic rings. The minimum atomic E-state index is -0.849. The van der Waals surface area contributed by atoms with Crippen LogP contribution in [0.15, 0.2) is 103 Å². The van der Waals surface area contributed by atoms with E-state index in [9.17, 15) is 24.8 Å². The molecule has 0 fully saturated rings. The van der Waals surface area contributed by atoms with Crippen LogP contribution in [0.25, 0.3) is 10.8 Å². The van der Waals surface area contributed by atoms with E-state index >= 15 is 0 Å². The standard InChI is InChI=1S/C48H57N3O7/c1-4-5-6-7-8-9-10-11-12-13-14-20-32-57-44-27-19-18-25-41(44)49-47(53)40-30-29-38-39(46(40)52)24-21-26-42(38)50(34-36-22-16-15-17-23-36)48(54)58-45-31-28-37(35(2)3)33-43(45)51(55)56/h15-19,21-31,33,35,52H,4-14,20,32,34H2,1-3H3,(H,49,53). The second-order valence-corrected chi connectivity index (χ2v) is 15.1. The summed E-state index contributed by atoms with van der Waals surface area (Å²) in [6.07, 6.45) is 14.2. The quantitative estimate of drug-likeness (QED) is 0.0405. The van der Waals surface area contributed by atoms with E-state index in [-0.39, 0.29) is 35.2 Å². The third-order valence-electron chi connectivity index (χ3n) is 10.4. The van der Waals surface area contributed by atoms with Crippen LogP contribution in [0.1, 0.15) is 125 Å². The third-order valence-corrected chi connectivity index (χ3v) is 10.4. The van der Waals surface area contributed by atoms with Crippen molar-refractivity contribution < 1.29 is 29.1 Å². The van der Waals surface area contributed by atoms with Gasteiger partial charge in [0.15, 0.2) is 0 Å². The first-order valence-corrected chi connectivity index (χ1v) is 20.8. The Bertz CT molecular complexity index is 2120. The highest BCUT2D eigenvalue weighted by atomic mass is 16.6. The van der Waals surface area contributed by atoms with Crippen LogP contribution in [0.3, 0.4) is 0 Å². The van der Waals surface area contributed by atoms with Crippen LogP contribution in [-0.2, 0) is 6.54 Å². The van der Waals surface area contributed by atoms with Gasteiger partial charge in [-0.2, -0.15) is 0 Å². The number of nitrogens with zero attached hydrogens (tertiary/aromatic N) is 2. The summed E-state index contributed by atoms with van der Waals surface area (Å²) >= 11 is 0. The minimum Gasteiger partial charge on any atom is -0.506 e. The molecule has 0 saturated carbocycles. The van der Waals surface area contributed by atoms with Gasteiger partial charge in [-0.1, -0.05) is 158 Å². The number of phenolic OH excluding ortho intramolecular Hbond substituents is 1. The molecule has 0 aliphatic rings. The molecule has 0 heterocycles. The van der Waals surface area contributed by atoms with E-state index in [1.54, 1.807) is 36.4 Å². The number of anilines is 2. The summed E-state index contributed by atoms with van der Waals surface area (Å²) in [5.74, 6) is -0.387. The molecule has 0 aliphatic carbocycles.